The molecule has 1 aliphatic carbocycles. The van der Waals surface area contributed by atoms with E-state index in [1.54, 1.807) is 0 Å². The minimum Gasteiger partial charge on any atom is -0.465 e. The molecule has 6 unspecified atom stereocenters. The van der Waals surface area contributed by atoms with E-state index in [9.17, 15) is 0 Å². The first-order chi connectivity index (χ1) is 17.9. The fraction of sp³-hybridized carbons (Fsp3) is 0.613. The van der Waals surface area contributed by atoms with Crippen molar-refractivity contribution in [1.29, 1.82) is 0 Å². The van der Waals surface area contributed by atoms with E-state index in [1.807, 2.05) is 13.8 Å². The van der Waals surface area contributed by atoms with Gasteiger partial charge in [0.15, 0.2) is 12.6 Å². The lowest BCUT2D eigenvalue weighted by Crippen LogP contribution is -2.20. The van der Waals surface area contributed by atoms with Crippen LogP contribution in [0.5, 0.6) is 11.5 Å². The highest BCUT2D eigenvalue weighted by atomic mass is 16.7. The number of hydrogen-bond donors (Lipinski definition) is 0. The first-order valence-corrected chi connectivity index (χ1v) is 13.9. The Kier molecular flexibility index (Phi) is 8.40. The van der Waals surface area contributed by atoms with Gasteiger partial charge >= 0.3 is 0 Å². The summed E-state index contributed by atoms with van der Waals surface area (Å²) in [5.74, 6) is 2.95. The Labute approximate surface area is 221 Å². The lowest BCUT2D eigenvalue weighted by molar-refractivity contribution is -0.0714. The molecule has 3 aliphatic rings. The number of hydrogen-bond acceptors (Lipinski definition) is 6. The lowest BCUT2D eigenvalue weighted by atomic mass is 9.76. The van der Waals surface area contributed by atoms with Gasteiger partial charge < -0.3 is 28.4 Å². The second-order valence-corrected chi connectivity index (χ2v) is 10.9. The molecule has 2 aliphatic heterocycles. The molecule has 0 bridgehead atoms. The fourth-order valence-corrected chi connectivity index (χ4v) is 5.35. The summed E-state index contributed by atoms with van der Waals surface area (Å²) >= 11 is 0. The number of benzene rings is 2. The molecular weight excluding hydrogens is 468 g/mol. The maximum atomic E-state index is 6.04. The molecule has 0 aromatic heterocycles. The first kappa shape index (κ1) is 26.5. The third kappa shape index (κ3) is 7.26. The average Bonchev–Trinajstić information content (AvgIpc) is 3.80. The van der Waals surface area contributed by atoms with Crippen LogP contribution >= 0.6 is 0 Å². The Morgan fingerprint density at radius 3 is 1.73 bits per heavy atom. The number of rotatable bonds is 12. The van der Waals surface area contributed by atoms with Crippen LogP contribution in [0.4, 0.5) is 0 Å². The predicted octanol–water partition coefficient (Wildman–Crippen LogP) is 6.49. The molecular formula is C31H42O6. The second kappa shape index (κ2) is 11.7. The van der Waals surface area contributed by atoms with Crippen molar-refractivity contribution < 1.29 is 28.4 Å². The van der Waals surface area contributed by atoms with Crippen molar-refractivity contribution in [3.8, 4) is 11.5 Å². The zero-order valence-corrected chi connectivity index (χ0v) is 22.9. The summed E-state index contributed by atoms with van der Waals surface area (Å²) < 4.78 is 34.3. The molecule has 1 saturated carbocycles. The lowest BCUT2D eigenvalue weighted by Gasteiger charge is -2.29. The Hall–Kier alpha value is -2.12. The van der Waals surface area contributed by atoms with Crippen molar-refractivity contribution in [2.24, 2.45) is 0 Å². The highest BCUT2D eigenvalue weighted by molar-refractivity contribution is 5.38. The number of ether oxygens (including phenoxy) is 6. The van der Waals surface area contributed by atoms with E-state index in [1.165, 1.54) is 42.4 Å². The molecule has 0 N–H and O–H groups in total. The maximum absolute atomic E-state index is 6.04. The molecule has 37 heavy (non-hydrogen) atoms. The highest BCUT2D eigenvalue weighted by Crippen LogP contribution is 2.41. The summed E-state index contributed by atoms with van der Waals surface area (Å²) in [7, 11) is 0. The van der Waals surface area contributed by atoms with E-state index in [0.717, 1.165) is 11.5 Å². The summed E-state index contributed by atoms with van der Waals surface area (Å²) in [6.45, 7) is 11.3. The Balaban J connectivity index is 1.06. The van der Waals surface area contributed by atoms with Crippen molar-refractivity contribution in [3.05, 3.63) is 59.2 Å². The predicted molar refractivity (Wildman–Crippen MR) is 142 cm³/mol. The fourth-order valence-electron chi connectivity index (χ4n) is 5.35. The zero-order valence-electron chi connectivity index (χ0n) is 22.9. The van der Waals surface area contributed by atoms with Crippen LogP contribution in [0.3, 0.4) is 0 Å². The molecule has 2 heterocycles. The molecule has 6 nitrogen and oxygen atoms in total. The van der Waals surface area contributed by atoms with E-state index in [2.05, 4.69) is 63.2 Å². The van der Waals surface area contributed by atoms with Crippen LogP contribution in [0.2, 0.25) is 0 Å². The first-order valence-electron chi connectivity index (χ1n) is 13.9. The van der Waals surface area contributed by atoms with Crippen molar-refractivity contribution >= 4 is 0 Å². The van der Waals surface area contributed by atoms with Crippen LogP contribution in [-0.4, -0.2) is 50.2 Å². The molecule has 5 rings (SSSR count). The molecule has 0 spiro atoms. The molecule has 2 saturated heterocycles. The van der Waals surface area contributed by atoms with Gasteiger partial charge in [0.1, 0.15) is 23.7 Å². The van der Waals surface area contributed by atoms with Crippen molar-refractivity contribution in [2.45, 2.75) is 109 Å². The van der Waals surface area contributed by atoms with E-state index < -0.39 is 0 Å². The third-order valence-corrected chi connectivity index (χ3v) is 8.01. The van der Waals surface area contributed by atoms with Gasteiger partial charge in [-0.15, -0.1) is 0 Å². The average molecular weight is 511 g/mol. The van der Waals surface area contributed by atoms with Crippen LogP contribution in [0, 0.1) is 6.92 Å². The van der Waals surface area contributed by atoms with Gasteiger partial charge in [-0.1, -0.05) is 24.3 Å². The molecule has 0 radical (unpaired) electrons. The van der Waals surface area contributed by atoms with Gasteiger partial charge in [-0.3, -0.25) is 0 Å². The van der Waals surface area contributed by atoms with Gasteiger partial charge in [-0.25, -0.2) is 0 Å². The quantitative estimate of drug-likeness (QED) is 0.240. The summed E-state index contributed by atoms with van der Waals surface area (Å²) in [6.07, 6.45) is 5.30. The highest BCUT2D eigenvalue weighted by Gasteiger charge is 2.35. The van der Waals surface area contributed by atoms with Crippen molar-refractivity contribution in [1.82, 2.24) is 0 Å². The normalized spacial score (nSPS) is 30.4. The van der Waals surface area contributed by atoms with Gasteiger partial charge in [0.25, 0.3) is 0 Å². The van der Waals surface area contributed by atoms with Gasteiger partial charge in [0.2, 0.25) is 0 Å². The Morgan fingerprint density at radius 2 is 1.22 bits per heavy atom. The monoisotopic (exact) mass is 510 g/mol. The van der Waals surface area contributed by atoms with Crippen LogP contribution in [-0.2, 0) is 18.9 Å². The molecule has 6 atom stereocenters. The van der Waals surface area contributed by atoms with Crippen LogP contribution in [0.1, 0.15) is 81.9 Å². The summed E-state index contributed by atoms with van der Waals surface area (Å²) in [5, 5.41) is 0. The molecule has 2 aromatic rings. The van der Waals surface area contributed by atoms with E-state index in [0.29, 0.717) is 37.3 Å². The van der Waals surface area contributed by atoms with Crippen molar-refractivity contribution in [3.63, 3.8) is 0 Å². The van der Waals surface area contributed by atoms with Gasteiger partial charge in [-0.2, -0.15) is 0 Å². The van der Waals surface area contributed by atoms with Crippen LogP contribution in [0.25, 0.3) is 0 Å². The Bertz CT molecular complexity index is 1010. The smallest absolute Gasteiger partial charge is 0.197 e. The SMILES string of the molecule is Cc1cc(C2CCC(c3ccc(OC(C)OCC4OC4C)cc3)CC2)ccc1OC(C)OCC1OC1C. The van der Waals surface area contributed by atoms with Crippen molar-refractivity contribution in [2.75, 3.05) is 13.2 Å². The van der Waals surface area contributed by atoms with Gasteiger partial charge in [-0.05, 0) is 107 Å². The second-order valence-electron chi connectivity index (χ2n) is 10.9. The van der Waals surface area contributed by atoms with E-state index in [-0.39, 0.29) is 24.8 Å². The van der Waals surface area contributed by atoms with E-state index >= 15 is 0 Å². The molecule has 3 fully saturated rings. The van der Waals surface area contributed by atoms with Crippen LogP contribution < -0.4 is 9.47 Å². The molecule has 2 aromatic carbocycles. The minimum atomic E-state index is -0.287. The summed E-state index contributed by atoms with van der Waals surface area (Å²) in [4.78, 5) is 0. The standard InChI is InChI=1S/C31H42O6/c1-19-16-27(12-15-29(19)37-23(5)33-18-31-21(3)35-31)26-8-6-24(7-9-26)25-10-13-28(14-11-25)36-22(4)32-17-30-20(2)34-30/h10-16,20-24,26,30-31H,6-9,17-18H2,1-5H3. The minimum absolute atomic E-state index is 0.218. The summed E-state index contributed by atoms with van der Waals surface area (Å²) in [5.41, 5.74) is 3.99. The van der Waals surface area contributed by atoms with E-state index in [4.69, 9.17) is 28.4 Å². The largest absolute Gasteiger partial charge is 0.465 e. The molecule has 6 heteroatoms. The van der Waals surface area contributed by atoms with Gasteiger partial charge in [0.05, 0.1) is 25.4 Å². The van der Waals surface area contributed by atoms with Gasteiger partial charge in [0, 0.05) is 0 Å². The topological polar surface area (TPSA) is 62.0 Å². The summed E-state index contributed by atoms with van der Waals surface area (Å²) in [6, 6.07) is 15.2. The maximum Gasteiger partial charge on any atom is 0.197 e. The third-order valence-electron chi connectivity index (χ3n) is 8.01. The number of aryl methyl sites for hydroxylation is 1. The number of epoxide rings is 2. The molecule has 0 amide bonds. The Morgan fingerprint density at radius 1 is 0.730 bits per heavy atom. The zero-order chi connectivity index (χ0) is 25.9. The van der Waals surface area contributed by atoms with Crippen LogP contribution in [0.15, 0.2) is 42.5 Å². The molecule has 202 valence electrons.